The number of methoxy groups -OCH3 is 2. The van der Waals surface area contributed by atoms with E-state index in [4.69, 9.17) is 52.1 Å². The SMILES string of the molecule is C=C1C[C@@H](C)O[C@@H](O[C@@H]2[C@@H](C)[C@H](O[C@H]3C[C@@]4(C)OC(=O)C[C@H]4[C@H](C)O3)[C@@H](C)C(=O)O[C@H]([C@@H](C)CO[C@@H]3O[C@H](C)[C@@H](O)[C@@H](OC)[C@H]3OC)[C@H](C)[C@@H](OC(=O)CC(C)C)[C@@H](C)C(=O)[C@@](C)(O)C[C@@H]2C)[C@@H]1O. The zero-order chi connectivity index (χ0) is 51.6. The Bertz CT molecular complexity index is 1770. The molecule has 3 N–H and O–H groups in total. The third-order valence-electron chi connectivity index (χ3n) is 15.4. The van der Waals surface area contributed by atoms with Crippen molar-refractivity contribution in [3.63, 3.8) is 0 Å². The fourth-order valence-corrected chi connectivity index (χ4v) is 11.5. The van der Waals surface area contributed by atoms with Gasteiger partial charge < -0.3 is 67.4 Å². The summed E-state index contributed by atoms with van der Waals surface area (Å²) in [6.45, 7) is 26.7. The lowest BCUT2D eigenvalue weighted by molar-refractivity contribution is -0.305. The maximum atomic E-state index is 15.1. The molecule has 5 aliphatic rings. The van der Waals surface area contributed by atoms with Gasteiger partial charge in [-0.25, -0.2) is 0 Å². The van der Waals surface area contributed by atoms with Crippen LogP contribution in [0.5, 0.6) is 0 Å². The highest BCUT2D eigenvalue weighted by molar-refractivity contribution is 5.89. The van der Waals surface area contributed by atoms with Crippen molar-refractivity contribution in [1.29, 1.82) is 0 Å². The van der Waals surface area contributed by atoms with E-state index in [2.05, 4.69) is 6.58 Å². The molecular formula is C51H84O18. The summed E-state index contributed by atoms with van der Waals surface area (Å²) in [7, 11) is 2.90. The summed E-state index contributed by atoms with van der Waals surface area (Å²) in [5.41, 5.74) is -2.43. The standard InChI is InChI=1S/C51H84O18/c1-23(2)17-35(52)65-42-29(8)41(26(5)22-61-49-45(60-16)44(59-15)39(55)33(12)64-49)67-47(57)31(10)43(66-37-21-51(14)34(32(11)63-37)19-36(53)69-51)28(7)40(25(4)20-50(13,58)46(56)30(42)9)68-48-38(54)24(3)18-27(6)62-48/h23,25-34,37-45,48-49,54-55,58H,3,17-22H2,1-2,4-16H3/t25-,26-,27+,28+,29-,30+,31+,32-,33+,34-,37-,38+,39+,40-,41+,42+,43-,44+,45+,48-,49+,50-,51+/m0/s1. The molecule has 5 heterocycles. The van der Waals surface area contributed by atoms with E-state index >= 15 is 4.79 Å². The molecule has 0 saturated carbocycles. The number of carbonyl (C=O) groups is 4. The molecule has 0 aliphatic carbocycles. The summed E-state index contributed by atoms with van der Waals surface area (Å²) >= 11 is 0. The number of hydrogen-bond acceptors (Lipinski definition) is 18. The number of fused-ring (bicyclic) bond motifs is 1. The molecule has 0 amide bonds. The topological polar surface area (TPSA) is 230 Å². The van der Waals surface area contributed by atoms with Gasteiger partial charge in [0.25, 0.3) is 0 Å². The molecule has 5 rings (SSSR count). The molecule has 0 unspecified atom stereocenters. The molecule has 18 heteroatoms. The molecule has 5 aliphatic heterocycles. The van der Waals surface area contributed by atoms with Crippen molar-refractivity contribution in [3.8, 4) is 0 Å². The van der Waals surface area contributed by atoms with Crippen LogP contribution in [0.25, 0.3) is 0 Å². The number of rotatable bonds is 13. The van der Waals surface area contributed by atoms with E-state index in [1.165, 1.54) is 21.1 Å². The van der Waals surface area contributed by atoms with Crippen LogP contribution in [0.3, 0.4) is 0 Å². The molecule has 0 radical (unpaired) electrons. The Balaban J connectivity index is 1.61. The fraction of sp³-hybridized carbons (Fsp3) is 0.882. The number of esters is 3. The van der Waals surface area contributed by atoms with Gasteiger partial charge in [0, 0.05) is 50.7 Å². The van der Waals surface area contributed by atoms with Crippen LogP contribution in [-0.4, -0.2) is 157 Å². The van der Waals surface area contributed by atoms with Crippen molar-refractivity contribution in [2.45, 2.75) is 219 Å². The summed E-state index contributed by atoms with van der Waals surface area (Å²) in [4.78, 5) is 56.2. The van der Waals surface area contributed by atoms with Gasteiger partial charge in [0.1, 0.15) is 47.8 Å². The van der Waals surface area contributed by atoms with Crippen LogP contribution in [0.1, 0.15) is 122 Å². The number of cyclic esters (lactones) is 1. The second kappa shape index (κ2) is 23.5. The Kier molecular flexibility index (Phi) is 19.5. The maximum Gasteiger partial charge on any atom is 0.311 e. The minimum absolute atomic E-state index is 0.0384. The fourth-order valence-electron chi connectivity index (χ4n) is 11.5. The van der Waals surface area contributed by atoms with E-state index in [9.17, 15) is 29.7 Å². The smallest absolute Gasteiger partial charge is 0.311 e. The predicted octanol–water partition coefficient (Wildman–Crippen LogP) is 4.83. The minimum Gasteiger partial charge on any atom is -0.461 e. The van der Waals surface area contributed by atoms with Crippen LogP contribution in [0.15, 0.2) is 12.2 Å². The summed E-state index contributed by atoms with van der Waals surface area (Å²) in [6.07, 6.45) is -12.2. The Morgan fingerprint density at radius 2 is 1.43 bits per heavy atom. The number of carbonyl (C=O) groups excluding carboxylic acids is 4. The monoisotopic (exact) mass is 985 g/mol. The normalized spacial score (nSPS) is 45.6. The van der Waals surface area contributed by atoms with E-state index in [1.54, 1.807) is 41.5 Å². The predicted molar refractivity (Wildman–Crippen MR) is 248 cm³/mol. The van der Waals surface area contributed by atoms with Gasteiger partial charge in [-0.3, -0.25) is 19.2 Å². The first-order valence-corrected chi connectivity index (χ1v) is 25.0. The summed E-state index contributed by atoms with van der Waals surface area (Å²) in [6, 6.07) is 0. The number of aliphatic hydroxyl groups excluding tert-OH is 2. The molecule has 5 saturated heterocycles. The van der Waals surface area contributed by atoms with Gasteiger partial charge in [-0.2, -0.15) is 0 Å². The van der Waals surface area contributed by atoms with Gasteiger partial charge in [0.05, 0.1) is 55.4 Å². The number of Topliss-reactive ketones (excluding diaryl/α,β-unsaturated/α-hetero) is 1. The second-order valence-corrected chi connectivity index (χ2v) is 21.9. The third kappa shape index (κ3) is 13.1. The van der Waals surface area contributed by atoms with E-state index in [-0.39, 0.29) is 56.2 Å². The lowest BCUT2D eigenvalue weighted by Crippen LogP contribution is -2.59. The van der Waals surface area contributed by atoms with Crippen LogP contribution < -0.4 is 0 Å². The van der Waals surface area contributed by atoms with Crippen molar-refractivity contribution in [2.75, 3.05) is 20.8 Å². The van der Waals surface area contributed by atoms with Crippen molar-refractivity contribution in [2.24, 2.45) is 47.3 Å². The van der Waals surface area contributed by atoms with E-state index in [0.717, 1.165) is 0 Å². The van der Waals surface area contributed by atoms with Crippen molar-refractivity contribution >= 4 is 23.7 Å². The van der Waals surface area contributed by atoms with Crippen LogP contribution >= 0.6 is 0 Å². The van der Waals surface area contributed by atoms with Crippen LogP contribution in [0.4, 0.5) is 0 Å². The minimum atomic E-state index is -2.02. The van der Waals surface area contributed by atoms with Gasteiger partial charge in [-0.15, -0.1) is 0 Å². The van der Waals surface area contributed by atoms with E-state index in [1.807, 2.05) is 41.5 Å². The Morgan fingerprint density at radius 1 is 0.783 bits per heavy atom. The molecule has 0 aromatic rings. The molecule has 69 heavy (non-hydrogen) atoms. The summed E-state index contributed by atoms with van der Waals surface area (Å²) < 4.78 is 68.6. The molecule has 396 valence electrons. The van der Waals surface area contributed by atoms with Crippen LogP contribution in [0, 0.1) is 47.3 Å². The molecule has 5 fully saturated rings. The van der Waals surface area contributed by atoms with E-state index in [0.29, 0.717) is 12.0 Å². The second-order valence-electron chi connectivity index (χ2n) is 21.9. The van der Waals surface area contributed by atoms with Crippen molar-refractivity contribution in [3.05, 3.63) is 12.2 Å². The van der Waals surface area contributed by atoms with Gasteiger partial charge in [-0.1, -0.05) is 55.0 Å². The number of ketones is 1. The Hall–Kier alpha value is -2.62. The average molecular weight is 985 g/mol. The molecular weight excluding hydrogens is 901 g/mol. The summed E-state index contributed by atoms with van der Waals surface area (Å²) in [5.74, 6) is -7.70. The first kappa shape index (κ1) is 57.3. The molecule has 0 aromatic carbocycles. The lowest BCUT2D eigenvalue weighted by atomic mass is 9.74. The molecule has 0 bridgehead atoms. The lowest BCUT2D eigenvalue weighted by Gasteiger charge is -2.46. The quantitative estimate of drug-likeness (QED) is 0.128. The maximum absolute atomic E-state index is 15.1. The number of ether oxygens (including phenoxy) is 11. The first-order chi connectivity index (χ1) is 32.1. The van der Waals surface area contributed by atoms with Gasteiger partial charge >= 0.3 is 17.9 Å². The Morgan fingerprint density at radius 3 is 2.06 bits per heavy atom. The highest BCUT2D eigenvalue weighted by atomic mass is 16.7. The zero-order valence-electron chi connectivity index (χ0n) is 43.6. The highest BCUT2D eigenvalue weighted by Gasteiger charge is 2.56. The molecule has 0 aromatic heterocycles. The first-order valence-electron chi connectivity index (χ1n) is 25.0. The highest BCUT2D eigenvalue weighted by Crippen LogP contribution is 2.46. The van der Waals surface area contributed by atoms with Gasteiger partial charge in [0.2, 0.25) is 0 Å². The van der Waals surface area contributed by atoms with Crippen LogP contribution in [0.2, 0.25) is 0 Å². The Labute approximate surface area is 409 Å². The van der Waals surface area contributed by atoms with Crippen LogP contribution in [-0.2, 0) is 71.3 Å². The average Bonchev–Trinajstić information content (AvgIpc) is 3.58. The molecule has 23 atom stereocenters. The summed E-state index contributed by atoms with van der Waals surface area (Å²) in [5, 5.41) is 34.5. The largest absolute Gasteiger partial charge is 0.461 e. The van der Waals surface area contributed by atoms with Gasteiger partial charge in [0.15, 0.2) is 24.7 Å². The third-order valence-corrected chi connectivity index (χ3v) is 15.4. The van der Waals surface area contributed by atoms with Crippen molar-refractivity contribution < 1.29 is 86.6 Å². The van der Waals surface area contributed by atoms with E-state index < -0.39 is 144 Å². The number of hydrogen-bond donors (Lipinski definition) is 3. The number of aliphatic hydroxyl groups is 3. The molecule has 0 spiro atoms. The molecule has 18 nitrogen and oxygen atoms in total. The zero-order valence-corrected chi connectivity index (χ0v) is 43.6. The van der Waals surface area contributed by atoms with Crippen molar-refractivity contribution in [1.82, 2.24) is 0 Å². The van der Waals surface area contributed by atoms with Gasteiger partial charge in [-0.05, 0) is 71.8 Å².